The molecule has 4 N–H and O–H groups in total. The quantitative estimate of drug-likeness (QED) is 0.320. The Morgan fingerprint density at radius 3 is 2.50 bits per heavy atom. The van der Waals surface area contributed by atoms with E-state index in [9.17, 15) is 33.5 Å². The van der Waals surface area contributed by atoms with Gasteiger partial charge in [-0.15, -0.1) is 0 Å². The molecule has 1 unspecified atom stereocenters. The highest BCUT2D eigenvalue weighted by molar-refractivity contribution is 5.99. The average molecular weight is 561 g/mol. The van der Waals surface area contributed by atoms with Crippen molar-refractivity contribution >= 4 is 29.4 Å². The lowest BCUT2D eigenvalue weighted by Gasteiger charge is -2.36. The van der Waals surface area contributed by atoms with E-state index in [2.05, 4.69) is 16.0 Å². The topological polar surface area (TPSA) is 145 Å². The minimum atomic E-state index is -1.39. The highest BCUT2D eigenvalue weighted by Crippen LogP contribution is 2.22. The zero-order valence-corrected chi connectivity index (χ0v) is 23.5. The molecule has 0 aromatic heterocycles. The Morgan fingerprint density at radius 1 is 1.10 bits per heavy atom. The highest BCUT2D eigenvalue weighted by Gasteiger charge is 2.43. The third-order valence-corrected chi connectivity index (χ3v) is 7.95. The van der Waals surface area contributed by atoms with Gasteiger partial charge < -0.3 is 26.0 Å². The summed E-state index contributed by atoms with van der Waals surface area (Å²) in [6.07, 6.45) is 2.24. The summed E-state index contributed by atoms with van der Waals surface area (Å²) in [4.78, 5) is 67.1. The number of ketones is 1. The Bertz CT molecular complexity index is 1110. The van der Waals surface area contributed by atoms with Crippen molar-refractivity contribution in [2.45, 2.75) is 108 Å². The minimum absolute atomic E-state index is 0.101. The number of nitrogens with zero attached hydrogens (tertiary/aromatic N) is 1. The van der Waals surface area contributed by atoms with E-state index in [1.807, 2.05) is 0 Å². The second-order valence-electron chi connectivity index (χ2n) is 11.0. The smallest absolute Gasteiger partial charge is 0.246 e. The molecule has 220 valence electrons. The van der Waals surface area contributed by atoms with Crippen LogP contribution in [-0.2, 0) is 30.4 Å². The molecule has 11 heteroatoms. The van der Waals surface area contributed by atoms with Gasteiger partial charge in [0.15, 0.2) is 5.78 Å². The fraction of sp³-hybridized carbons (Fsp3) is 0.621. The molecule has 4 amide bonds. The summed E-state index contributed by atoms with van der Waals surface area (Å²) in [6.45, 7) is 5.01. The van der Waals surface area contributed by atoms with E-state index in [4.69, 9.17) is 0 Å². The van der Waals surface area contributed by atoms with Crippen LogP contribution in [0.15, 0.2) is 24.3 Å². The van der Waals surface area contributed by atoms with Gasteiger partial charge in [0.05, 0.1) is 0 Å². The van der Waals surface area contributed by atoms with E-state index in [0.29, 0.717) is 38.6 Å². The van der Waals surface area contributed by atoms with Gasteiger partial charge in [-0.2, -0.15) is 0 Å². The van der Waals surface area contributed by atoms with E-state index in [-0.39, 0.29) is 37.0 Å². The Labute approximate surface area is 234 Å². The second-order valence-corrected chi connectivity index (χ2v) is 11.0. The maximum atomic E-state index is 14.5. The summed E-state index contributed by atoms with van der Waals surface area (Å²) in [5.74, 6) is -2.77. The van der Waals surface area contributed by atoms with Gasteiger partial charge in [0.25, 0.3) is 0 Å². The fourth-order valence-electron chi connectivity index (χ4n) is 5.14. The summed E-state index contributed by atoms with van der Waals surface area (Å²) in [6, 6.07) is 3.13. The maximum Gasteiger partial charge on any atom is 0.246 e. The lowest BCUT2D eigenvalue weighted by Crippen LogP contribution is -2.65. The number of carbonyl (C=O) groups excluding carboxylic acids is 5. The van der Waals surface area contributed by atoms with Crippen LogP contribution in [0.1, 0.15) is 77.7 Å². The van der Waals surface area contributed by atoms with Gasteiger partial charge in [-0.05, 0) is 57.6 Å². The molecule has 0 bridgehead atoms. The molecule has 2 saturated heterocycles. The number of amides is 4. The number of carbonyl (C=O) groups is 5. The molecule has 2 heterocycles. The number of aliphatic hydroxyl groups is 1. The molecule has 40 heavy (non-hydrogen) atoms. The zero-order valence-electron chi connectivity index (χ0n) is 23.5. The highest BCUT2D eigenvalue weighted by atomic mass is 19.1. The van der Waals surface area contributed by atoms with Crippen LogP contribution in [0.3, 0.4) is 0 Å². The summed E-state index contributed by atoms with van der Waals surface area (Å²) in [5.41, 5.74) is -1.13. The predicted octanol–water partition coefficient (Wildman–Crippen LogP) is 1.53. The molecule has 0 radical (unpaired) electrons. The average Bonchev–Trinajstić information content (AvgIpc) is 3.41. The van der Waals surface area contributed by atoms with Gasteiger partial charge in [0, 0.05) is 19.4 Å². The first-order chi connectivity index (χ1) is 19.0. The van der Waals surface area contributed by atoms with Gasteiger partial charge >= 0.3 is 0 Å². The molecule has 0 saturated carbocycles. The van der Waals surface area contributed by atoms with E-state index in [1.54, 1.807) is 26.0 Å². The summed E-state index contributed by atoms with van der Waals surface area (Å²) in [7, 11) is 0. The molecular weight excluding hydrogens is 519 g/mol. The Kier molecular flexibility index (Phi) is 10.8. The number of fused-ring (bicyclic) bond motifs is 1. The lowest BCUT2D eigenvalue weighted by molar-refractivity contribution is -0.144. The van der Waals surface area contributed by atoms with Crippen molar-refractivity contribution in [1.82, 2.24) is 20.9 Å². The second kappa shape index (κ2) is 13.8. The fourth-order valence-corrected chi connectivity index (χ4v) is 5.14. The molecular formula is C29H41FN4O6. The van der Waals surface area contributed by atoms with Crippen molar-refractivity contribution in [2.75, 3.05) is 6.54 Å². The van der Waals surface area contributed by atoms with Gasteiger partial charge in [0.1, 0.15) is 35.6 Å². The van der Waals surface area contributed by atoms with E-state index >= 15 is 0 Å². The number of hydrogen-bond acceptors (Lipinski definition) is 6. The number of unbranched alkanes of at least 4 members (excludes halogenated alkanes) is 2. The lowest BCUT2D eigenvalue weighted by atomic mass is 9.94. The van der Waals surface area contributed by atoms with Crippen molar-refractivity contribution in [1.29, 1.82) is 0 Å². The summed E-state index contributed by atoms with van der Waals surface area (Å²) in [5, 5.41) is 17.7. The minimum Gasteiger partial charge on any atom is -0.386 e. The van der Waals surface area contributed by atoms with Crippen molar-refractivity contribution < 1.29 is 33.5 Å². The van der Waals surface area contributed by atoms with Crippen LogP contribution in [0.2, 0.25) is 0 Å². The first kappa shape index (κ1) is 31.2. The third kappa shape index (κ3) is 7.65. The molecule has 2 fully saturated rings. The normalized spacial score (nSPS) is 26.6. The van der Waals surface area contributed by atoms with Gasteiger partial charge in [-0.25, -0.2) is 4.39 Å². The molecule has 2 aliphatic heterocycles. The van der Waals surface area contributed by atoms with Crippen LogP contribution in [-0.4, -0.2) is 75.7 Å². The number of rotatable bonds is 10. The number of benzene rings is 1. The molecule has 10 nitrogen and oxygen atoms in total. The van der Waals surface area contributed by atoms with Gasteiger partial charge in [-0.3, -0.25) is 24.0 Å². The molecule has 3 rings (SSSR count). The van der Waals surface area contributed by atoms with E-state index in [0.717, 1.165) is 0 Å². The number of hydrogen-bond donors (Lipinski definition) is 4. The van der Waals surface area contributed by atoms with Crippen LogP contribution < -0.4 is 16.0 Å². The van der Waals surface area contributed by atoms with Crippen molar-refractivity contribution in [3.63, 3.8) is 0 Å². The van der Waals surface area contributed by atoms with Crippen LogP contribution >= 0.6 is 0 Å². The first-order valence-corrected chi connectivity index (χ1v) is 14.1. The monoisotopic (exact) mass is 560 g/mol. The third-order valence-electron chi connectivity index (χ3n) is 7.95. The van der Waals surface area contributed by atoms with E-state index < -0.39 is 59.2 Å². The summed E-state index contributed by atoms with van der Waals surface area (Å²) >= 11 is 0. The molecule has 0 aliphatic carbocycles. The largest absolute Gasteiger partial charge is 0.386 e. The maximum absolute atomic E-state index is 14.5. The van der Waals surface area contributed by atoms with Gasteiger partial charge in [-0.1, -0.05) is 38.0 Å². The number of nitrogens with one attached hydrogen (secondary N) is 3. The van der Waals surface area contributed by atoms with Crippen LogP contribution in [0.25, 0.3) is 0 Å². The van der Waals surface area contributed by atoms with Gasteiger partial charge in [0.2, 0.25) is 23.6 Å². The Hall–Kier alpha value is -3.34. The van der Waals surface area contributed by atoms with E-state index in [1.165, 1.54) is 24.0 Å². The summed E-state index contributed by atoms with van der Waals surface area (Å²) < 4.78 is 14.5. The number of Topliss-reactive ketones (excluding diaryl/α,β-unsaturated/α-hetero) is 1. The van der Waals surface area contributed by atoms with Crippen LogP contribution in [0, 0.1) is 5.82 Å². The molecule has 5 atom stereocenters. The first-order valence-electron chi connectivity index (χ1n) is 14.1. The zero-order chi connectivity index (χ0) is 29.4. The number of aliphatic hydroxyl groups excluding tert-OH is 1. The van der Waals surface area contributed by atoms with Crippen molar-refractivity contribution in [2.24, 2.45) is 0 Å². The van der Waals surface area contributed by atoms with Crippen LogP contribution in [0.4, 0.5) is 4.39 Å². The Balaban J connectivity index is 1.83. The standard InChI is InChI=1S/C29H41FN4O6/c1-4-29(3)28(40)32-22(17-19-11-8-9-12-20(19)30)27(39)34-16-10-14-23(34)26(38)31-21(25(37)33-29)13-6-5-7-15-24(36)18(2)35/h8-9,11-12,18,21-23,35H,4-7,10,13-17H2,1-3H3,(H,31,38)(H,32,40)(H,33,37)/t18-,21+,22+,23?,29+/m1/s1. The molecule has 1 aromatic rings. The van der Waals surface area contributed by atoms with Crippen LogP contribution in [0.5, 0.6) is 0 Å². The van der Waals surface area contributed by atoms with Crippen molar-refractivity contribution in [3.8, 4) is 0 Å². The Morgan fingerprint density at radius 2 is 1.82 bits per heavy atom. The molecule has 2 aliphatic rings. The SMILES string of the molecule is CC[C@]1(C)NC(=O)[C@H](CCCCCC(=O)[C@@H](C)O)NC(=O)C2CCCN2C(=O)[C@H](Cc2ccccc2F)NC1=O. The van der Waals surface area contributed by atoms with Crippen molar-refractivity contribution in [3.05, 3.63) is 35.6 Å². The molecule has 0 spiro atoms. The molecule has 1 aromatic carbocycles. The predicted molar refractivity (Wildman–Crippen MR) is 145 cm³/mol. The number of halogens is 1.